The zero-order chi connectivity index (χ0) is 23.1. The molecule has 0 spiro atoms. The molecule has 0 aliphatic rings. The van der Waals surface area contributed by atoms with Gasteiger partial charge in [-0.05, 0) is 29.3 Å². The van der Waals surface area contributed by atoms with E-state index in [9.17, 15) is 19.7 Å². The maximum absolute atomic E-state index is 12.8. The average molecular weight is 434 g/mol. The van der Waals surface area contributed by atoms with Gasteiger partial charge in [0.15, 0.2) is 0 Å². The lowest BCUT2D eigenvalue weighted by Crippen LogP contribution is -2.43. The number of ether oxygens (including phenoxy) is 2. The van der Waals surface area contributed by atoms with Gasteiger partial charge in [0.25, 0.3) is 11.6 Å². The van der Waals surface area contributed by atoms with Crippen molar-refractivity contribution < 1.29 is 24.0 Å². The molecule has 8 heteroatoms. The molecule has 0 fully saturated rings. The SMILES string of the molecule is COC(=O)[C@@H](Cc1cc([N+](=O)[O-])ccc1OC)NC(=O)c1ccc(-c2ccccc2)cc1. The van der Waals surface area contributed by atoms with E-state index in [1.807, 2.05) is 42.5 Å². The van der Waals surface area contributed by atoms with Gasteiger partial charge in [-0.25, -0.2) is 4.79 Å². The largest absolute Gasteiger partial charge is 0.496 e. The van der Waals surface area contributed by atoms with E-state index in [1.54, 1.807) is 12.1 Å². The molecule has 0 aliphatic carbocycles. The van der Waals surface area contributed by atoms with Gasteiger partial charge in [0.05, 0.1) is 19.1 Å². The number of carbonyl (C=O) groups excluding carboxylic acids is 2. The number of hydrogen-bond acceptors (Lipinski definition) is 6. The monoisotopic (exact) mass is 434 g/mol. The Morgan fingerprint density at radius 3 is 2.22 bits per heavy atom. The predicted octanol–water partition coefficient (Wildman–Crippen LogP) is 3.78. The molecule has 1 atom stereocenters. The summed E-state index contributed by atoms with van der Waals surface area (Å²) < 4.78 is 10.1. The van der Waals surface area contributed by atoms with E-state index in [0.717, 1.165) is 11.1 Å². The Hall–Kier alpha value is -4.20. The van der Waals surface area contributed by atoms with Crippen LogP contribution in [0, 0.1) is 10.1 Å². The fraction of sp³-hybridized carbons (Fsp3) is 0.167. The van der Waals surface area contributed by atoms with Crippen LogP contribution in [0.1, 0.15) is 15.9 Å². The van der Waals surface area contributed by atoms with Crippen molar-refractivity contribution in [3.63, 3.8) is 0 Å². The normalized spacial score (nSPS) is 11.3. The van der Waals surface area contributed by atoms with Gasteiger partial charge in [0.2, 0.25) is 0 Å². The highest BCUT2D eigenvalue weighted by molar-refractivity contribution is 5.97. The number of nitro groups is 1. The minimum Gasteiger partial charge on any atom is -0.496 e. The van der Waals surface area contributed by atoms with Crippen molar-refractivity contribution in [3.05, 3.63) is 94.0 Å². The summed E-state index contributed by atoms with van der Waals surface area (Å²) in [6, 6.07) is 19.7. The topological polar surface area (TPSA) is 108 Å². The Morgan fingerprint density at radius 1 is 0.969 bits per heavy atom. The Balaban J connectivity index is 1.80. The quantitative estimate of drug-likeness (QED) is 0.328. The van der Waals surface area contributed by atoms with Gasteiger partial charge >= 0.3 is 5.97 Å². The number of hydrogen-bond donors (Lipinski definition) is 1. The van der Waals surface area contributed by atoms with Crippen molar-refractivity contribution in [2.24, 2.45) is 0 Å². The molecule has 0 aliphatic heterocycles. The van der Waals surface area contributed by atoms with Gasteiger partial charge < -0.3 is 14.8 Å². The molecule has 0 heterocycles. The highest BCUT2D eigenvalue weighted by atomic mass is 16.6. The lowest BCUT2D eigenvalue weighted by Gasteiger charge is -2.18. The molecule has 0 bridgehead atoms. The van der Waals surface area contributed by atoms with Crippen molar-refractivity contribution in [2.75, 3.05) is 14.2 Å². The summed E-state index contributed by atoms with van der Waals surface area (Å²) in [4.78, 5) is 35.7. The fourth-order valence-electron chi connectivity index (χ4n) is 3.28. The Labute approximate surface area is 184 Å². The molecule has 8 nitrogen and oxygen atoms in total. The van der Waals surface area contributed by atoms with Gasteiger partial charge in [-0.1, -0.05) is 42.5 Å². The van der Waals surface area contributed by atoms with E-state index < -0.39 is 22.8 Å². The minimum absolute atomic E-state index is 0.0363. The second-order valence-electron chi connectivity index (χ2n) is 6.95. The van der Waals surface area contributed by atoms with Crippen LogP contribution in [0.5, 0.6) is 5.75 Å². The third-order valence-electron chi connectivity index (χ3n) is 4.94. The lowest BCUT2D eigenvalue weighted by atomic mass is 10.0. The summed E-state index contributed by atoms with van der Waals surface area (Å²) in [5, 5.41) is 13.8. The maximum Gasteiger partial charge on any atom is 0.328 e. The summed E-state index contributed by atoms with van der Waals surface area (Å²) >= 11 is 0. The molecule has 3 rings (SSSR count). The minimum atomic E-state index is -1.06. The molecular weight excluding hydrogens is 412 g/mol. The molecule has 1 amide bonds. The van der Waals surface area contributed by atoms with E-state index >= 15 is 0 Å². The van der Waals surface area contributed by atoms with Crippen molar-refractivity contribution in [1.29, 1.82) is 0 Å². The molecule has 3 aromatic carbocycles. The molecule has 0 unspecified atom stereocenters. The van der Waals surface area contributed by atoms with E-state index in [4.69, 9.17) is 9.47 Å². The number of nitrogens with one attached hydrogen (secondary N) is 1. The van der Waals surface area contributed by atoms with E-state index in [1.165, 1.54) is 32.4 Å². The number of carbonyl (C=O) groups is 2. The smallest absolute Gasteiger partial charge is 0.328 e. The molecule has 32 heavy (non-hydrogen) atoms. The third-order valence-corrected chi connectivity index (χ3v) is 4.94. The van der Waals surface area contributed by atoms with Crippen LogP contribution < -0.4 is 10.1 Å². The summed E-state index contributed by atoms with van der Waals surface area (Å²) in [6.45, 7) is 0. The summed E-state index contributed by atoms with van der Waals surface area (Å²) in [5.74, 6) is -0.775. The first kappa shape index (κ1) is 22.5. The Morgan fingerprint density at radius 2 is 1.62 bits per heavy atom. The van der Waals surface area contributed by atoms with Crippen molar-refractivity contribution in [2.45, 2.75) is 12.5 Å². The highest BCUT2D eigenvalue weighted by Gasteiger charge is 2.25. The van der Waals surface area contributed by atoms with Crippen molar-refractivity contribution in [1.82, 2.24) is 5.32 Å². The van der Waals surface area contributed by atoms with Crippen LogP contribution in [0.15, 0.2) is 72.8 Å². The van der Waals surface area contributed by atoms with Crippen LogP contribution in [0.25, 0.3) is 11.1 Å². The first-order valence-electron chi connectivity index (χ1n) is 9.78. The standard InChI is InChI=1S/C24H22N2O6/c1-31-22-13-12-20(26(29)30)14-19(22)15-21(24(28)32-2)25-23(27)18-10-8-17(9-11-18)16-6-4-3-5-7-16/h3-14,21H,15H2,1-2H3,(H,25,27)/t21-/m1/s1. The van der Waals surface area contributed by atoms with Gasteiger partial charge in [-0.3, -0.25) is 14.9 Å². The first-order chi connectivity index (χ1) is 15.4. The second kappa shape index (κ2) is 10.2. The van der Waals surface area contributed by atoms with Crippen LogP contribution in [0.2, 0.25) is 0 Å². The van der Waals surface area contributed by atoms with E-state index in [2.05, 4.69) is 5.32 Å². The molecule has 3 aromatic rings. The number of esters is 1. The van der Waals surface area contributed by atoms with Gasteiger partial charge in [-0.15, -0.1) is 0 Å². The number of non-ortho nitro benzene ring substituents is 1. The van der Waals surface area contributed by atoms with Crippen LogP contribution in [-0.2, 0) is 16.0 Å². The molecule has 0 saturated carbocycles. The number of benzene rings is 3. The Bertz CT molecular complexity index is 1110. The van der Waals surface area contributed by atoms with E-state index in [-0.39, 0.29) is 12.1 Å². The maximum atomic E-state index is 12.8. The molecule has 164 valence electrons. The summed E-state index contributed by atoms with van der Waals surface area (Å²) in [6.07, 6.45) is -0.0363. The molecule has 0 radical (unpaired) electrons. The Kier molecular flexibility index (Phi) is 7.17. The fourth-order valence-corrected chi connectivity index (χ4v) is 3.28. The van der Waals surface area contributed by atoms with Crippen LogP contribution in [-0.4, -0.2) is 37.1 Å². The predicted molar refractivity (Wildman–Crippen MR) is 119 cm³/mol. The molecule has 0 aromatic heterocycles. The number of nitro benzene ring substituents is 1. The number of rotatable bonds is 8. The number of methoxy groups -OCH3 is 2. The lowest BCUT2D eigenvalue weighted by molar-refractivity contribution is -0.384. The van der Waals surface area contributed by atoms with Gasteiger partial charge in [0.1, 0.15) is 11.8 Å². The molecule has 1 N–H and O–H groups in total. The highest BCUT2D eigenvalue weighted by Crippen LogP contribution is 2.25. The van der Waals surface area contributed by atoms with Crippen LogP contribution >= 0.6 is 0 Å². The second-order valence-corrected chi connectivity index (χ2v) is 6.95. The average Bonchev–Trinajstić information content (AvgIpc) is 2.83. The number of nitrogens with zero attached hydrogens (tertiary/aromatic N) is 1. The zero-order valence-corrected chi connectivity index (χ0v) is 17.6. The zero-order valence-electron chi connectivity index (χ0n) is 17.6. The van der Waals surface area contributed by atoms with E-state index in [0.29, 0.717) is 16.9 Å². The number of amides is 1. The van der Waals surface area contributed by atoms with Crippen molar-refractivity contribution >= 4 is 17.6 Å². The van der Waals surface area contributed by atoms with Gasteiger partial charge in [0, 0.05) is 29.7 Å². The molecule has 0 saturated heterocycles. The van der Waals surface area contributed by atoms with Gasteiger partial charge in [-0.2, -0.15) is 0 Å². The first-order valence-corrected chi connectivity index (χ1v) is 9.78. The summed E-state index contributed by atoms with van der Waals surface area (Å²) in [5.41, 5.74) is 2.59. The van der Waals surface area contributed by atoms with Crippen LogP contribution in [0.4, 0.5) is 5.69 Å². The van der Waals surface area contributed by atoms with Crippen LogP contribution in [0.3, 0.4) is 0 Å². The summed E-state index contributed by atoms with van der Waals surface area (Å²) in [7, 11) is 2.63. The molecular formula is C24H22N2O6. The third kappa shape index (κ3) is 5.28. The van der Waals surface area contributed by atoms with Crippen molar-refractivity contribution in [3.8, 4) is 16.9 Å².